The van der Waals surface area contributed by atoms with Crippen LogP contribution in [-0.2, 0) is 5.41 Å². The summed E-state index contributed by atoms with van der Waals surface area (Å²) in [6.45, 7) is 6.70. The fraction of sp³-hybridized carbons (Fsp3) is 0.250. The average molecular weight is 447 g/mol. The van der Waals surface area contributed by atoms with Gasteiger partial charge in [-0.3, -0.25) is 0 Å². The molecule has 2 aromatic carbocycles. The minimum atomic E-state index is 0.147. The predicted octanol–water partition coefficient (Wildman–Crippen LogP) is 6.94. The predicted molar refractivity (Wildman–Crippen MR) is 93.7 cm³/mol. The first kappa shape index (κ1) is 15.3. The third-order valence-corrected chi connectivity index (χ3v) is 4.93. The summed E-state index contributed by atoms with van der Waals surface area (Å²) in [4.78, 5) is 0. The minimum absolute atomic E-state index is 0.147. The number of hydrogen-bond acceptors (Lipinski definition) is 0. The zero-order chi connectivity index (χ0) is 14.2. The molecule has 0 aliphatic carbocycles. The molecule has 0 aliphatic rings. The maximum Gasteiger partial charge on any atom is 0.0254 e. The van der Waals surface area contributed by atoms with Gasteiger partial charge in [0.2, 0.25) is 0 Å². The van der Waals surface area contributed by atoms with Crippen molar-refractivity contribution in [1.82, 2.24) is 0 Å². The molecule has 3 heteroatoms. The highest BCUT2D eigenvalue weighted by Crippen LogP contribution is 2.38. The van der Waals surface area contributed by atoms with Crippen molar-refractivity contribution in [3.8, 4) is 11.1 Å². The molecule has 0 N–H and O–H groups in total. The molecule has 0 spiro atoms. The van der Waals surface area contributed by atoms with E-state index in [-0.39, 0.29) is 5.41 Å². The van der Waals surface area contributed by atoms with Gasteiger partial charge < -0.3 is 0 Å². The number of benzene rings is 2. The molecule has 19 heavy (non-hydrogen) atoms. The molecule has 0 bridgehead atoms. The zero-order valence-electron chi connectivity index (χ0n) is 11.1. The van der Waals surface area contributed by atoms with E-state index >= 15 is 0 Å². The van der Waals surface area contributed by atoms with Gasteiger partial charge in [0, 0.05) is 13.4 Å². The van der Waals surface area contributed by atoms with Gasteiger partial charge in [-0.25, -0.2) is 0 Å². The van der Waals surface area contributed by atoms with Crippen LogP contribution in [0.3, 0.4) is 0 Å². The van der Waals surface area contributed by atoms with Crippen molar-refractivity contribution in [3.63, 3.8) is 0 Å². The topological polar surface area (TPSA) is 0 Å². The Morgan fingerprint density at radius 2 is 1.26 bits per heavy atom. The molecule has 2 aromatic rings. The van der Waals surface area contributed by atoms with E-state index in [0.29, 0.717) is 0 Å². The Labute approximate surface area is 140 Å². The van der Waals surface area contributed by atoms with Gasteiger partial charge in [-0.2, -0.15) is 0 Å². The summed E-state index contributed by atoms with van der Waals surface area (Å²) in [6, 6.07) is 12.8. The van der Waals surface area contributed by atoms with Crippen LogP contribution in [0.2, 0.25) is 0 Å². The summed E-state index contributed by atoms with van der Waals surface area (Å²) in [5, 5.41) is 0. The van der Waals surface area contributed by atoms with E-state index < -0.39 is 0 Å². The maximum atomic E-state index is 3.66. The van der Waals surface area contributed by atoms with Crippen LogP contribution in [0.15, 0.2) is 49.8 Å². The van der Waals surface area contributed by atoms with Crippen molar-refractivity contribution in [2.75, 3.05) is 0 Å². The molecule has 2 rings (SSSR count). The lowest BCUT2D eigenvalue weighted by Gasteiger charge is -2.21. The van der Waals surface area contributed by atoms with Gasteiger partial charge in [-0.05, 0) is 52.4 Å². The van der Waals surface area contributed by atoms with Crippen molar-refractivity contribution < 1.29 is 0 Å². The van der Waals surface area contributed by atoms with Gasteiger partial charge in [0.15, 0.2) is 0 Å². The first-order valence-corrected chi connectivity index (χ1v) is 8.42. The Morgan fingerprint density at radius 1 is 0.737 bits per heavy atom. The molecule has 0 aliphatic heterocycles. The average Bonchev–Trinajstić information content (AvgIpc) is 2.32. The van der Waals surface area contributed by atoms with Crippen LogP contribution in [0.1, 0.15) is 26.3 Å². The van der Waals surface area contributed by atoms with Crippen molar-refractivity contribution in [3.05, 3.63) is 55.4 Å². The second-order valence-corrected chi connectivity index (χ2v) is 8.19. The molecule has 0 heterocycles. The van der Waals surface area contributed by atoms with Gasteiger partial charge >= 0.3 is 0 Å². The van der Waals surface area contributed by atoms with Crippen molar-refractivity contribution in [2.45, 2.75) is 26.2 Å². The quantitative estimate of drug-likeness (QED) is 0.445. The third kappa shape index (κ3) is 3.50. The Kier molecular flexibility index (Phi) is 4.59. The van der Waals surface area contributed by atoms with E-state index in [1.165, 1.54) is 16.7 Å². The summed E-state index contributed by atoms with van der Waals surface area (Å²) in [5.41, 5.74) is 3.87. The Balaban J connectivity index is 2.64. The van der Waals surface area contributed by atoms with Crippen molar-refractivity contribution in [2.24, 2.45) is 0 Å². The van der Waals surface area contributed by atoms with E-state index in [9.17, 15) is 0 Å². The lowest BCUT2D eigenvalue weighted by molar-refractivity contribution is 0.590. The molecule has 0 radical (unpaired) electrons. The SMILES string of the molecule is CC(C)(C)c1ccc(Br)c(-c2cc(Br)ccc2Br)c1. The molecule has 0 saturated heterocycles. The summed E-state index contributed by atoms with van der Waals surface area (Å²) in [6.07, 6.45) is 0. The van der Waals surface area contributed by atoms with Gasteiger partial charge in [0.05, 0.1) is 0 Å². The van der Waals surface area contributed by atoms with Crippen LogP contribution >= 0.6 is 47.8 Å². The normalized spacial score (nSPS) is 11.7. The number of halogens is 3. The van der Waals surface area contributed by atoms with Crippen LogP contribution in [-0.4, -0.2) is 0 Å². The maximum absolute atomic E-state index is 3.66. The monoisotopic (exact) mass is 444 g/mol. The first-order chi connectivity index (χ1) is 8.79. The van der Waals surface area contributed by atoms with Gasteiger partial charge in [-0.15, -0.1) is 0 Å². The highest BCUT2D eigenvalue weighted by molar-refractivity contribution is 9.11. The van der Waals surface area contributed by atoms with Crippen LogP contribution in [0.5, 0.6) is 0 Å². The van der Waals surface area contributed by atoms with Gasteiger partial charge in [-0.1, -0.05) is 74.6 Å². The van der Waals surface area contributed by atoms with Crippen LogP contribution in [0.25, 0.3) is 11.1 Å². The van der Waals surface area contributed by atoms with Gasteiger partial charge in [0.1, 0.15) is 0 Å². The van der Waals surface area contributed by atoms with Crippen molar-refractivity contribution >= 4 is 47.8 Å². The molecular formula is C16H15Br3. The highest BCUT2D eigenvalue weighted by atomic mass is 79.9. The summed E-state index contributed by atoms with van der Waals surface area (Å²) in [7, 11) is 0. The molecule has 0 unspecified atom stereocenters. The lowest BCUT2D eigenvalue weighted by Crippen LogP contribution is -2.10. The van der Waals surface area contributed by atoms with Crippen LogP contribution in [0.4, 0.5) is 0 Å². The highest BCUT2D eigenvalue weighted by Gasteiger charge is 2.16. The van der Waals surface area contributed by atoms with Crippen LogP contribution in [0, 0.1) is 0 Å². The van der Waals surface area contributed by atoms with E-state index in [0.717, 1.165) is 13.4 Å². The number of rotatable bonds is 1. The Hall–Kier alpha value is -0.120. The number of hydrogen-bond donors (Lipinski definition) is 0. The standard InChI is InChI=1S/C16H15Br3/c1-16(2,3)10-4-6-14(18)12(8-10)13-9-11(17)5-7-15(13)19/h4-9H,1-3H3. The molecule has 0 nitrogen and oxygen atoms in total. The molecule has 100 valence electrons. The van der Waals surface area contributed by atoms with Crippen molar-refractivity contribution in [1.29, 1.82) is 0 Å². The molecule has 0 saturated carbocycles. The molecular weight excluding hydrogens is 432 g/mol. The molecule has 0 aromatic heterocycles. The minimum Gasteiger partial charge on any atom is -0.0573 e. The molecule has 0 amide bonds. The Morgan fingerprint density at radius 3 is 1.84 bits per heavy atom. The Bertz CT molecular complexity index is 610. The second-order valence-electron chi connectivity index (χ2n) is 5.57. The summed E-state index contributed by atoms with van der Waals surface area (Å²) in [5.74, 6) is 0. The van der Waals surface area contributed by atoms with E-state index in [2.05, 4.69) is 98.9 Å². The summed E-state index contributed by atoms with van der Waals surface area (Å²) >= 11 is 10.8. The zero-order valence-corrected chi connectivity index (χ0v) is 15.9. The van der Waals surface area contributed by atoms with E-state index in [1.54, 1.807) is 0 Å². The second kappa shape index (κ2) is 5.71. The largest absolute Gasteiger partial charge is 0.0573 e. The van der Waals surface area contributed by atoms with E-state index in [1.807, 2.05) is 6.07 Å². The lowest BCUT2D eigenvalue weighted by atomic mass is 9.85. The molecule has 0 atom stereocenters. The van der Waals surface area contributed by atoms with Gasteiger partial charge in [0.25, 0.3) is 0 Å². The fourth-order valence-corrected chi connectivity index (χ4v) is 3.18. The summed E-state index contributed by atoms with van der Waals surface area (Å²) < 4.78 is 3.29. The van der Waals surface area contributed by atoms with E-state index in [4.69, 9.17) is 0 Å². The fourth-order valence-electron chi connectivity index (χ4n) is 1.90. The molecule has 0 fully saturated rings. The smallest absolute Gasteiger partial charge is 0.0254 e. The third-order valence-electron chi connectivity index (χ3n) is 3.05. The first-order valence-electron chi connectivity index (χ1n) is 6.04. The van der Waals surface area contributed by atoms with Crippen LogP contribution < -0.4 is 0 Å².